The van der Waals surface area contributed by atoms with Crippen molar-refractivity contribution in [3.05, 3.63) is 23.3 Å². The predicted molar refractivity (Wildman–Crippen MR) is 155 cm³/mol. The van der Waals surface area contributed by atoms with Crippen molar-refractivity contribution in [2.45, 2.75) is 96.0 Å². The monoisotopic (exact) mass is 589 g/mol. The van der Waals surface area contributed by atoms with Crippen LogP contribution < -0.4 is 0 Å². The molecule has 0 radical (unpaired) electrons. The number of alkyl halides is 1. The van der Waals surface area contributed by atoms with E-state index in [-0.39, 0.29) is 16.7 Å². The fourth-order valence-electron chi connectivity index (χ4n) is 9.07. The molecule has 1 spiro atoms. The number of nitrogens with zero attached hydrogens (tertiary/aromatic N) is 1. The first-order valence-corrected chi connectivity index (χ1v) is 15.8. The summed E-state index contributed by atoms with van der Waals surface area (Å²) in [6.07, 6.45) is 16.8. The maximum Gasteiger partial charge on any atom is 0.100 e. The van der Waals surface area contributed by atoms with Gasteiger partial charge in [0, 0.05) is 41.9 Å². The van der Waals surface area contributed by atoms with Gasteiger partial charge in [0.2, 0.25) is 0 Å². The van der Waals surface area contributed by atoms with Gasteiger partial charge in [0.1, 0.15) is 5.60 Å². The number of rotatable bonds is 9. The third-order valence-corrected chi connectivity index (χ3v) is 12.0. The molecule has 1 aliphatic heterocycles. The van der Waals surface area contributed by atoms with E-state index in [2.05, 4.69) is 59.7 Å². The molecule has 2 N–H and O–H groups in total. The summed E-state index contributed by atoms with van der Waals surface area (Å²) in [6.45, 7) is 11.6. The van der Waals surface area contributed by atoms with E-state index >= 15 is 0 Å². The molecule has 0 aromatic heterocycles. The Morgan fingerprint density at radius 2 is 1.95 bits per heavy atom. The first-order chi connectivity index (χ1) is 17.9. The van der Waals surface area contributed by atoms with Crippen LogP contribution in [-0.2, 0) is 9.47 Å². The second-order valence-electron chi connectivity index (χ2n) is 14.0. The Balaban J connectivity index is 1.65. The maximum absolute atomic E-state index is 12.6. The topological polar surface area (TPSA) is 62.2 Å². The number of allylic oxidation sites excluding steroid dienone is 1. The minimum atomic E-state index is -1.01. The van der Waals surface area contributed by atoms with Gasteiger partial charge in [0.05, 0.1) is 24.9 Å². The lowest BCUT2D eigenvalue weighted by Gasteiger charge is -2.77. The molecule has 5 fully saturated rings. The van der Waals surface area contributed by atoms with Crippen LogP contribution >= 0.6 is 15.9 Å². The number of hydrogen-bond donors (Lipinski definition) is 2. The van der Waals surface area contributed by atoms with Crippen molar-refractivity contribution < 1.29 is 19.7 Å². The zero-order chi connectivity index (χ0) is 27.6. The van der Waals surface area contributed by atoms with Gasteiger partial charge in [-0.15, -0.1) is 6.42 Å². The number of terminal acetylenes is 1. The van der Waals surface area contributed by atoms with Gasteiger partial charge in [0.15, 0.2) is 0 Å². The van der Waals surface area contributed by atoms with E-state index in [1.165, 1.54) is 18.4 Å². The fraction of sp³-hybridized carbons (Fsp3) is 0.812. The zero-order valence-corrected chi connectivity index (χ0v) is 25.6. The Kier molecular flexibility index (Phi) is 7.59. The number of likely N-dealkylation sites (tertiary alicyclic amines) is 1. The predicted octanol–water partition coefficient (Wildman–Crippen LogP) is 5.10. The molecule has 212 valence electrons. The van der Waals surface area contributed by atoms with Crippen LogP contribution in [0, 0.1) is 40.4 Å². The van der Waals surface area contributed by atoms with E-state index in [4.69, 9.17) is 15.9 Å². The molecule has 0 aromatic carbocycles. The first kappa shape index (κ1) is 28.8. The lowest BCUT2D eigenvalue weighted by molar-refractivity contribution is -0.337. The van der Waals surface area contributed by atoms with Gasteiger partial charge in [-0.1, -0.05) is 54.8 Å². The van der Waals surface area contributed by atoms with Gasteiger partial charge in [-0.25, -0.2) is 0 Å². The zero-order valence-electron chi connectivity index (χ0n) is 24.1. The standard InChI is InChI=1S/C32H48BrNO4/c1-7-24-23(9-8-17-38-18-15-33)19-26-30-12-13-32(37-6,25(20-30)29(5,36)28(2,3)4)27(35)31(24,30)14-16-34(26)21-22-10-11-22/h1,8-9,22,25-27,35-36H,10-21H2,2-6H3/b9-8-/t25-,26-,27+,29+,30-,31+,32+/m1/s1. The number of halogens is 1. The van der Waals surface area contributed by atoms with Gasteiger partial charge in [-0.05, 0) is 80.7 Å². The summed E-state index contributed by atoms with van der Waals surface area (Å²) in [7, 11) is 1.73. The van der Waals surface area contributed by atoms with Crippen molar-refractivity contribution in [2.75, 3.05) is 38.7 Å². The normalized spacial score (nSPS) is 40.8. The van der Waals surface area contributed by atoms with Crippen molar-refractivity contribution in [1.82, 2.24) is 4.90 Å². The molecule has 7 atom stereocenters. The van der Waals surface area contributed by atoms with Crippen LogP contribution in [0.5, 0.6) is 0 Å². The Morgan fingerprint density at radius 3 is 2.55 bits per heavy atom. The first-order valence-electron chi connectivity index (χ1n) is 14.7. The van der Waals surface area contributed by atoms with Gasteiger partial charge < -0.3 is 19.7 Å². The summed E-state index contributed by atoms with van der Waals surface area (Å²) in [4.78, 5) is 2.74. The number of ether oxygens (including phenoxy) is 2. The van der Waals surface area contributed by atoms with E-state index in [0.717, 1.165) is 62.0 Å². The van der Waals surface area contributed by atoms with Gasteiger partial charge >= 0.3 is 0 Å². The van der Waals surface area contributed by atoms with E-state index in [1.807, 2.05) is 6.92 Å². The number of piperidine rings is 1. The quantitative estimate of drug-likeness (QED) is 0.222. The molecule has 6 rings (SSSR count). The molecule has 5 nitrogen and oxygen atoms in total. The molecule has 5 aliphatic carbocycles. The molecule has 0 aromatic rings. The van der Waals surface area contributed by atoms with Crippen molar-refractivity contribution >= 4 is 15.9 Å². The highest BCUT2D eigenvalue weighted by Gasteiger charge is 2.79. The van der Waals surface area contributed by atoms with E-state index in [0.29, 0.717) is 19.3 Å². The van der Waals surface area contributed by atoms with Gasteiger partial charge in [-0.2, -0.15) is 0 Å². The summed E-state index contributed by atoms with van der Waals surface area (Å²) >= 11 is 3.42. The summed E-state index contributed by atoms with van der Waals surface area (Å²) in [5, 5.41) is 25.6. The van der Waals surface area contributed by atoms with Crippen molar-refractivity contribution in [1.29, 1.82) is 0 Å². The summed E-state index contributed by atoms with van der Waals surface area (Å²) in [6, 6.07) is 0.292. The van der Waals surface area contributed by atoms with Crippen LogP contribution in [0.1, 0.15) is 72.6 Å². The van der Waals surface area contributed by atoms with Crippen LogP contribution in [0.25, 0.3) is 0 Å². The fourth-order valence-corrected chi connectivity index (χ4v) is 9.30. The van der Waals surface area contributed by atoms with E-state index in [1.54, 1.807) is 7.11 Å². The highest BCUT2D eigenvalue weighted by atomic mass is 79.9. The van der Waals surface area contributed by atoms with Crippen LogP contribution in [0.4, 0.5) is 0 Å². The highest BCUT2D eigenvalue weighted by molar-refractivity contribution is 9.09. The maximum atomic E-state index is 12.6. The number of hydrogen-bond acceptors (Lipinski definition) is 5. The Labute approximate surface area is 238 Å². The smallest absolute Gasteiger partial charge is 0.100 e. The van der Waals surface area contributed by atoms with Crippen LogP contribution in [0.2, 0.25) is 0 Å². The minimum absolute atomic E-state index is 0.186. The molecule has 4 bridgehead atoms. The average Bonchev–Trinajstić information content (AvgIpc) is 3.69. The number of aliphatic hydroxyl groups is 2. The third-order valence-electron chi connectivity index (χ3n) is 11.7. The average molecular weight is 591 g/mol. The summed E-state index contributed by atoms with van der Waals surface area (Å²) in [5.41, 5.74) is -0.806. The van der Waals surface area contributed by atoms with Crippen molar-refractivity contribution in [3.8, 4) is 12.3 Å². The second kappa shape index (κ2) is 10.00. The van der Waals surface area contributed by atoms with Crippen molar-refractivity contribution in [2.24, 2.45) is 28.1 Å². The largest absolute Gasteiger partial charge is 0.389 e. The number of aliphatic hydroxyl groups excluding tert-OH is 1. The van der Waals surface area contributed by atoms with Gasteiger partial charge in [-0.3, -0.25) is 4.90 Å². The molecule has 38 heavy (non-hydrogen) atoms. The third kappa shape index (κ3) is 3.97. The SMILES string of the molecule is C#CC1=C(/C=C\COCCBr)C[C@H]2N(CC3CC3)CC[C@@]13[C@H](O)[C@]1(OC)CC[C@@]23C[C@@H]1[C@](C)(O)C(C)(C)C. The van der Waals surface area contributed by atoms with E-state index in [9.17, 15) is 10.2 Å². The minimum Gasteiger partial charge on any atom is -0.389 e. The lowest BCUT2D eigenvalue weighted by Crippen LogP contribution is -2.82. The second-order valence-corrected chi connectivity index (χ2v) is 14.8. The molecule has 1 saturated heterocycles. The Hall–Kier alpha value is -0.680. The Morgan fingerprint density at radius 1 is 1.21 bits per heavy atom. The molecular formula is C32H48BrNO4. The van der Waals surface area contributed by atoms with Crippen LogP contribution in [0.15, 0.2) is 23.3 Å². The summed E-state index contributed by atoms with van der Waals surface area (Å²) in [5.74, 6) is 3.74. The van der Waals surface area contributed by atoms with E-state index < -0.39 is 22.7 Å². The molecular weight excluding hydrogens is 542 g/mol. The van der Waals surface area contributed by atoms with Crippen LogP contribution in [-0.4, -0.2) is 77.2 Å². The molecule has 6 aliphatic rings. The van der Waals surface area contributed by atoms with Crippen LogP contribution in [0.3, 0.4) is 0 Å². The van der Waals surface area contributed by atoms with Gasteiger partial charge in [0.25, 0.3) is 0 Å². The molecule has 1 heterocycles. The molecule has 4 saturated carbocycles. The lowest BCUT2D eigenvalue weighted by atomic mass is 9.32. The molecule has 6 heteroatoms. The molecule has 0 amide bonds. The number of fused-ring (bicyclic) bond motifs is 2. The number of methoxy groups -OCH3 is 1. The Bertz CT molecular complexity index is 1020. The molecule has 0 unspecified atom stereocenters. The summed E-state index contributed by atoms with van der Waals surface area (Å²) < 4.78 is 12.1. The highest BCUT2D eigenvalue weighted by Crippen LogP contribution is 2.76. The van der Waals surface area contributed by atoms with Crippen molar-refractivity contribution in [3.63, 3.8) is 0 Å².